The highest BCUT2D eigenvalue weighted by molar-refractivity contribution is 6.16. The van der Waals surface area contributed by atoms with Crippen molar-refractivity contribution in [2.24, 2.45) is 0 Å². The summed E-state index contributed by atoms with van der Waals surface area (Å²) < 4.78 is 11.4. The number of rotatable bonds is 17. The monoisotopic (exact) mass is 1760 g/mol. The van der Waals surface area contributed by atoms with Gasteiger partial charge in [-0.25, -0.2) is 44.9 Å². The highest BCUT2D eigenvalue weighted by Crippen LogP contribution is 2.60. The Morgan fingerprint density at radius 2 is 0.551 bits per heavy atom. The molecule has 12 heteroatoms. The second-order valence-electron chi connectivity index (χ2n) is 35.6. The van der Waals surface area contributed by atoms with E-state index < -0.39 is 5.41 Å². The van der Waals surface area contributed by atoms with Gasteiger partial charge in [-0.15, -0.1) is 0 Å². The number of hydrogen-bond acceptors (Lipinski definition) is 10. The maximum absolute atomic E-state index is 6.69. The van der Waals surface area contributed by atoms with E-state index in [1.165, 1.54) is 33.2 Å². The van der Waals surface area contributed by atoms with Crippen LogP contribution in [0.25, 0.3) is 235 Å². The van der Waals surface area contributed by atoms with E-state index in [-0.39, 0.29) is 0 Å². The fourth-order valence-electron chi connectivity index (χ4n) is 20.8. The number of fused-ring (bicyclic) bond motifs is 12. The van der Waals surface area contributed by atoms with Crippen LogP contribution in [0.3, 0.4) is 0 Å². The molecular formula is C126H81N11O. The summed E-state index contributed by atoms with van der Waals surface area (Å²) in [6, 6.07) is 161. The van der Waals surface area contributed by atoms with Gasteiger partial charge in [0.15, 0.2) is 52.4 Å². The largest absolute Gasteiger partial charge is 0.456 e. The normalized spacial score (nSPS) is 12.2. The Morgan fingerprint density at radius 1 is 0.196 bits per heavy atom. The number of para-hydroxylation sites is 3. The minimum Gasteiger partial charge on any atom is -0.456 e. The fourth-order valence-corrected chi connectivity index (χ4v) is 20.8. The predicted molar refractivity (Wildman–Crippen MR) is 560 cm³/mol. The van der Waals surface area contributed by atoms with E-state index in [0.29, 0.717) is 52.4 Å². The third kappa shape index (κ3) is 13.8. The average molecular weight is 1770 g/mol. The molecule has 0 radical (unpaired) electrons. The molecule has 0 fully saturated rings. The van der Waals surface area contributed by atoms with Crippen LogP contribution in [-0.2, 0) is 5.41 Å². The Hall–Kier alpha value is -18.4. The van der Waals surface area contributed by atoms with Gasteiger partial charge >= 0.3 is 0 Å². The standard InChI is InChI=1S/C126H81N11O/c1-78-53-62-93(63-54-78)126(94-64-55-79(2)56-65-94)107-49-23-20-47-102(107)115-106(76-92(77-108(115)126)87-60-69-111-104(74-87)100-45-21-24-50-109(100)136(111)95-41-16-7-17-42-95)125-134-120(83-35-14-6-15-36-83)133-124(135-125)101-46-19-18-43-97(101)88-37-26-39-90(71-88)122-131-119(82-33-12-5-13-34-82)128-121(132-122)84-57-66-96(67-58-84)137-110-51-25-22-44-99(110)103-73-85(59-68-112(103)137)86-61-70-113-105(75-86)116-98(48-28-52-114(116)138-113)89-38-27-40-91(72-89)123-129-117(80-29-8-3-9-30-80)127-118(130-123)81-31-10-4-11-32-81/h3-77H,1-2H3. The fraction of sp³-hybridized carbons (Fsp3) is 0.0238. The highest BCUT2D eigenvalue weighted by Gasteiger charge is 2.48. The van der Waals surface area contributed by atoms with Crippen molar-refractivity contribution >= 4 is 65.6 Å². The third-order valence-corrected chi connectivity index (χ3v) is 27.3. The lowest BCUT2D eigenvalue weighted by atomic mass is 9.67. The Morgan fingerprint density at radius 3 is 1.07 bits per heavy atom. The molecule has 0 spiro atoms. The van der Waals surface area contributed by atoms with Gasteiger partial charge in [0, 0.05) is 93.8 Å². The molecule has 0 amide bonds. The van der Waals surface area contributed by atoms with Gasteiger partial charge in [-0.05, 0) is 207 Å². The number of benzene rings is 19. The first-order valence-corrected chi connectivity index (χ1v) is 46.6. The molecule has 0 saturated heterocycles. The van der Waals surface area contributed by atoms with Crippen molar-refractivity contribution in [3.05, 3.63) is 488 Å². The molecule has 0 bridgehead atoms. The van der Waals surface area contributed by atoms with E-state index in [0.717, 1.165) is 183 Å². The smallest absolute Gasteiger partial charge is 0.164 e. The Kier molecular flexibility index (Phi) is 19.3. The molecule has 0 saturated carbocycles. The van der Waals surface area contributed by atoms with E-state index >= 15 is 0 Å². The number of hydrogen-bond donors (Lipinski definition) is 0. The van der Waals surface area contributed by atoms with Crippen LogP contribution in [0.4, 0.5) is 0 Å². The summed E-state index contributed by atoms with van der Waals surface area (Å²) >= 11 is 0. The molecule has 26 rings (SSSR count). The topological polar surface area (TPSA) is 139 Å². The molecule has 1 aliphatic rings. The maximum atomic E-state index is 6.69. The van der Waals surface area contributed by atoms with Gasteiger partial charge in [0.1, 0.15) is 11.2 Å². The van der Waals surface area contributed by atoms with Crippen molar-refractivity contribution in [2.75, 3.05) is 0 Å². The predicted octanol–water partition coefficient (Wildman–Crippen LogP) is 31.0. The Bertz CT molecular complexity index is 9030. The van der Waals surface area contributed by atoms with E-state index in [2.05, 4.69) is 381 Å². The van der Waals surface area contributed by atoms with Gasteiger partial charge < -0.3 is 13.6 Å². The van der Waals surface area contributed by atoms with E-state index in [9.17, 15) is 0 Å². The third-order valence-electron chi connectivity index (χ3n) is 27.3. The molecule has 12 nitrogen and oxygen atoms in total. The van der Waals surface area contributed by atoms with Crippen LogP contribution in [0.2, 0.25) is 0 Å². The van der Waals surface area contributed by atoms with Crippen LogP contribution in [0.15, 0.2) is 459 Å². The van der Waals surface area contributed by atoms with Gasteiger partial charge in [0.25, 0.3) is 0 Å². The molecule has 6 heterocycles. The molecule has 1 aliphatic carbocycles. The maximum Gasteiger partial charge on any atom is 0.164 e. The van der Waals surface area contributed by atoms with Crippen molar-refractivity contribution in [3.8, 4) is 169 Å². The van der Waals surface area contributed by atoms with Crippen LogP contribution in [0, 0.1) is 13.8 Å². The lowest BCUT2D eigenvalue weighted by Crippen LogP contribution is -2.28. The van der Waals surface area contributed by atoms with Crippen molar-refractivity contribution in [3.63, 3.8) is 0 Å². The number of furan rings is 1. The summed E-state index contributed by atoms with van der Waals surface area (Å²) in [6.07, 6.45) is 0. The number of aryl methyl sites for hydroxylation is 2. The Balaban J connectivity index is 0.565. The highest BCUT2D eigenvalue weighted by atomic mass is 16.3. The van der Waals surface area contributed by atoms with Crippen molar-refractivity contribution < 1.29 is 4.42 Å². The van der Waals surface area contributed by atoms with Crippen LogP contribution in [0.5, 0.6) is 0 Å². The summed E-state index contributed by atoms with van der Waals surface area (Å²) in [7, 11) is 0. The minimum atomic E-state index is -0.775. The zero-order valence-electron chi connectivity index (χ0n) is 75.1. The van der Waals surface area contributed by atoms with Crippen molar-refractivity contribution in [1.29, 1.82) is 0 Å². The first-order valence-electron chi connectivity index (χ1n) is 46.6. The van der Waals surface area contributed by atoms with Crippen LogP contribution < -0.4 is 0 Å². The van der Waals surface area contributed by atoms with Gasteiger partial charge in [-0.3, -0.25) is 0 Å². The molecule has 6 aromatic heterocycles. The van der Waals surface area contributed by atoms with Crippen LogP contribution >= 0.6 is 0 Å². The SMILES string of the molecule is Cc1ccc(C2(c3ccc(C)cc3)c3ccccc3-c3c(-c4nc(-c5ccccc5)nc(-c5ccccc5-c5cccc(-c6nc(-c7ccccc7)nc(-c7ccc(-n8c9ccccc9c9cc(-c%10ccc%11oc%12cccc(-c%13cccc(-c%14nc(-c%15ccccc%15)nc(-c%15ccccc%15)n%14)c%13)c%12c%11c%10)ccc98)cc7)n6)c5)n4)cc(-c4ccc5c(c4)c4ccccc4n5-c4ccccc4)cc32)cc1. The molecule has 646 valence electrons. The molecule has 0 atom stereocenters. The van der Waals surface area contributed by atoms with E-state index in [1.807, 2.05) is 97.1 Å². The molecular weight excluding hydrogens is 1680 g/mol. The zero-order valence-corrected chi connectivity index (χ0v) is 75.1. The summed E-state index contributed by atoms with van der Waals surface area (Å²) in [5.74, 6) is 5.05. The van der Waals surface area contributed by atoms with Crippen LogP contribution in [0.1, 0.15) is 33.4 Å². The van der Waals surface area contributed by atoms with Gasteiger partial charge in [-0.1, -0.05) is 351 Å². The summed E-state index contributed by atoms with van der Waals surface area (Å²) in [6.45, 7) is 4.33. The molecule has 0 unspecified atom stereocenters. The minimum absolute atomic E-state index is 0.522. The first kappa shape index (κ1) is 80.5. The number of nitrogens with zero attached hydrogens (tertiary/aromatic N) is 11. The summed E-state index contributed by atoms with van der Waals surface area (Å²) in [5, 5.41) is 6.65. The van der Waals surface area contributed by atoms with Crippen molar-refractivity contribution in [2.45, 2.75) is 19.3 Å². The molecule has 25 aromatic rings. The molecule has 0 aliphatic heterocycles. The van der Waals surface area contributed by atoms with Gasteiger partial charge in [0.2, 0.25) is 0 Å². The average Bonchev–Trinajstić information content (AvgIpc) is 1.52. The lowest BCUT2D eigenvalue weighted by molar-refractivity contribution is 0.669. The molecule has 19 aromatic carbocycles. The van der Waals surface area contributed by atoms with Crippen molar-refractivity contribution in [1.82, 2.24) is 54.0 Å². The van der Waals surface area contributed by atoms with Gasteiger partial charge in [0.05, 0.1) is 27.5 Å². The van der Waals surface area contributed by atoms with E-state index in [4.69, 9.17) is 49.3 Å². The second kappa shape index (κ2) is 33.1. The van der Waals surface area contributed by atoms with Gasteiger partial charge in [-0.2, -0.15) is 0 Å². The second-order valence-corrected chi connectivity index (χ2v) is 35.6. The Labute approximate surface area is 795 Å². The van der Waals surface area contributed by atoms with Crippen LogP contribution in [-0.4, -0.2) is 54.0 Å². The first-order chi connectivity index (χ1) is 68.2. The zero-order chi connectivity index (χ0) is 91.5. The molecule has 138 heavy (non-hydrogen) atoms. The lowest BCUT2D eigenvalue weighted by Gasteiger charge is -2.34. The quantitative estimate of drug-likeness (QED) is 0.0866. The number of aromatic nitrogens is 11. The van der Waals surface area contributed by atoms with E-state index in [1.54, 1.807) is 0 Å². The summed E-state index contributed by atoms with van der Waals surface area (Å²) in [5.41, 5.74) is 32.5. The molecule has 0 N–H and O–H groups in total. The summed E-state index contributed by atoms with van der Waals surface area (Å²) in [4.78, 5) is 48.3.